The quantitative estimate of drug-likeness (QED) is 0.361. The highest BCUT2D eigenvalue weighted by molar-refractivity contribution is 6.23. The summed E-state index contributed by atoms with van der Waals surface area (Å²) in [6.45, 7) is 5.68. The number of benzene rings is 1. The lowest BCUT2D eigenvalue weighted by atomic mass is 9.93. The first-order valence-electron chi connectivity index (χ1n) is 6.77. The molecule has 0 fully saturated rings. The summed E-state index contributed by atoms with van der Waals surface area (Å²) in [4.78, 5) is 12.0. The first-order valence-corrected chi connectivity index (χ1v) is 6.77. The monoisotopic (exact) mass is 275 g/mol. The average molecular weight is 275 g/mol. The molecule has 0 amide bonds. The van der Waals surface area contributed by atoms with Crippen molar-refractivity contribution >= 4 is 17.4 Å². The molecule has 1 atom stereocenters. The second-order valence-corrected chi connectivity index (χ2v) is 4.53. The van der Waals surface area contributed by atoms with Crippen LogP contribution in [0.3, 0.4) is 0 Å². The molecule has 0 saturated heterocycles. The Hall–Kier alpha value is -2.10. The van der Waals surface area contributed by atoms with Crippen LogP contribution < -0.4 is 0 Å². The topological polar surface area (TPSA) is 70.4 Å². The summed E-state index contributed by atoms with van der Waals surface area (Å²) in [5.41, 5.74) is 0.559. The van der Waals surface area contributed by atoms with Gasteiger partial charge in [0, 0.05) is 5.56 Å². The van der Waals surface area contributed by atoms with E-state index in [1.165, 1.54) is 0 Å². The summed E-state index contributed by atoms with van der Waals surface area (Å²) in [7, 11) is 0. The van der Waals surface area contributed by atoms with Gasteiger partial charge in [0.25, 0.3) is 0 Å². The zero-order valence-electron chi connectivity index (χ0n) is 12.1. The van der Waals surface area contributed by atoms with E-state index in [2.05, 4.69) is 0 Å². The van der Waals surface area contributed by atoms with Crippen LogP contribution in [0.2, 0.25) is 0 Å². The SMILES string of the molecule is CCOC(=O)/C(C(=N)C(C)CC)=C(/O)c1ccccc1. The van der Waals surface area contributed by atoms with Crippen molar-refractivity contribution < 1.29 is 14.6 Å². The Morgan fingerprint density at radius 3 is 2.40 bits per heavy atom. The molecule has 0 spiro atoms. The predicted octanol–water partition coefficient (Wildman–Crippen LogP) is 3.58. The molecule has 0 heterocycles. The van der Waals surface area contributed by atoms with Gasteiger partial charge >= 0.3 is 5.97 Å². The second-order valence-electron chi connectivity index (χ2n) is 4.53. The van der Waals surface area contributed by atoms with Gasteiger partial charge in [-0.15, -0.1) is 0 Å². The van der Waals surface area contributed by atoms with E-state index in [0.29, 0.717) is 12.0 Å². The van der Waals surface area contributed by atoms with Gasteiger partial charge in [0.15, 0.2) is 0 Å². The summed E-state index contributed by atoms with van der Waals surface area (Å²) >= 11 is 0. The van der Waals surface area contributed by atoms with Crippen molar-refractivity contribution in [1.82, 2.24) is 0 Å². The van der Waals surface area contributed by atoms with Gasteiger partial charge in [-0.2, -0.15) is 0 Å². The molecule has 20 heavy (non-hydrogen) atoms. The molecule has 0 radical (unpaired) electrons. The van der Waals surface area contributed by atoms with Gasteiger partial charge in [0.05, 0.1) is 12.3 Å². The molecule has 0 aliphatic rings. The highest BCUT2D eigenvalue weighted by Crippen LogP contribution is 2.21. The van der Waals surface area contributed by atoms with Crippen LogP contribution in [0.15, 0.2) is 35.9 Å². The maximum absolute atomic E-state index is 12.0. The molecular weight excluding hydrogens is 254 g/mol. The van der Waals surface area contributed by atoms with Gasteiger partial charge in [0.2, 0.25) is 0 Å². The number of rotatable bonds is 6. The van der Waals surface area contributed by atoms with E-state index in [1.54, 1.807) is 31.2 Å². The zero-order chi connectivity index (χ0) is 15.1. The van der Waals surface area contributed by atoms with Crippen molar-refractivity contribution in [2.45, 2.75) is 27.2 Å². The Morgan fingerprint density at radius 2 is 1.90 bits per heavy atom. The highest BCUT2D eigenvalue weighted by Gasteiger charge is 2.25. The lowest BCUT2D eigenvalue weighted by Gasteiger charge is -2.15. The fourth-order valence-corrected chi connectivity index (χ4v) is 1.73. The Labute approximate surface area is 119 Å². The fraction of sp³-hybridized carbons (Fsp3) is 0.375. The van der Waals surface area contributed by atoms with Crippen molar-refractivity contribution in [1.29, 1.82) is 5.41 Å². The number of ether oxygens (including phenoxy) is 1. The number of esters is 1. The molecule has 4 heteroatoms. The molecule has 108 valence electrons. The van der Waals surface area contributed by atoms with Crippen LogP contribution in [0.4, 0.5) is 0 Å². The summed E-state index contributed by atoms with van der Waals surface area (Å²) in [6.07, 6.45) is 0.712. The predicted molar refractivity (Wildman–Crippen MR) is 79.8 cm³/mol. The van der Waals surface area contributed by atoms with Crippen molar-refractivity contribution in [3.05, 3.63) is 41.5 Å². The van der Waals surface area contributed by atoms with Crippen molar-refractivity contribution in [2.24, 2.45) is 5.92 Å². The zero-order valence-corrected chi connectivity index (χ0v) is 12.1. The number of hydrogen-bond donors (Lipinski definition) is 2. The van der Waals surface area contributed by atoms with Crippen LogP contribution in [0.5, 0.6) is 0 Å². The molecular formula is C16H21NO3. The van der Waals surface area contributed by atoms with Gasteiger partial charge < -0.3 is 15.3 Å². The number of carbonyl (C=O) groups is 1. The minimum absolute atomic E-state index is 0.0487. The third kappa shape index (κ3) is 3.70. The van der Waals surface area contributed by atoms with Crippen LogP contribution in [0.25, 0.3) is 5.76 Å². The Balaban J connectivity index is 3.29. The van der Waals surface area contributed by atoms with Gasteiger partial charge in [0.1, 0.15) is 11.3 Å². The van der Waals surface area contributed by atoms with Crippen LogP contribution in [0.1, 0.15) is 32.8 Å². The summed E-state index contributed by atoms with van der Waals surface area (Å²) in [6, 6.07) is 8.74. The largest absolute Gasteiger partial charge is 0.506 e. The van der Waals surface area contributed by atoms with Crippen LogP contribution in [-0.4, -0.2) is 23.4 Å². The number of hydrogen-bond acceptors (Lipinski definition) is 4. The number of aliphatic hydroxyl groups excluding tert-OH is 1. The van der Waals surface area contributed by atoms with E-state index in [4.69, 9.17) is 10.1 Å². The molecule has 0 bridgehead atoms. The van der Waals surface area contributed by atoms with Crippen LogP contribution >= 0.6 is 0 Å². The maximum atomic E-state index is 12.0. The molecule has 1 unspecified atom stereocenters. The molecule has 1 rings (SSSR count). The van der Waals surface area contributed by atoms with E-state index in [-0.39, 0.29) is 29.6 Å². The summed E-state index contributed by atoms with van der Waals surface area (Å²) in [5.74, 6) is -0.978. The molecule has 0 aliphatic carbocycles. The second kappa shape index (κ2) is 7.48. The minimum atomic E-state index is -0.654. The molecule has 0 aromatic heterocycles. The van der Waals surface area contributed by atoms with E-state index >= 15 is 0 Å². The highest BCUT2D eigenvalue weighted by atomic mass is 16.5. The van der Waals surface area contributed by atoms with Crippen molar-refractivity contribution in [2.75, 3.05) is 6.61 Å². The molecule has 4 nitrogen and oxygen atoms in total. The molecule has 1 aromatic rings. The smallest absolute Gasteiger partial charge is 0.343 e. The van der Waals surface area contributed by atoms with Gasteiger partial charge in [-0.3, -0.25) is 0 Å². The number of carbonyl (C=O) groups excluding carboxylic acids is 1. The normalized spacial score (nSPS) is 13.3. The Morgan fingerprint density at radius 1 is 1.30 bits per heavy atom. The standard InChI is InChI=1S/C16H21NO3/c1-4-11(3)14(17)13(16(19)20-5-2)15(18)12-9-7-6-8-10-12/h6-11,17-18H,4-5H2,1-3H3/b15-13+,17-14?. The molecule has 0 aliphatic heterocycles. The van der Waals surface area contributed by atoms with Crippen molar-refractivity contribution in [3.63, 3.8) is 0 Å². The van der Waals surface area contributed by atoms with Gasteiger partial charge in [-0.05, 0) is 19.3 Å². The summed E-state index contributed by atoms with van der Waals surface area (Å²) < 4.78 is 4.96. The number of nitrogens with one attached hydrogen (secondary N) is 1. The van der Waals surface area contributed by atoms with Crippen LogP contribution in [-0.2, 0) is 9.53 Å². The van der Waals surface area contributed by atoms with Gasteiger partial charge in [-0.25, -0.2) is 4.79 Å². The Kier molecular flexibility index (Phi) is 5.97. The first kappa shape index (κ1) is 16.0. The van der Waals surface area contributed by atoms with Crippen molar-refractivity contribution in [3.8, 4) is 0 Å². The fourth-order valence-electron chi connectivity index (χ4n) is 1.73. The molecule has 0 saturated carbocycles. The lowest BCUT2D eigenvalue weighted by Crippen LogP contribution is -2.22. The van der Waals surface area contributed by atoms with Crippen LogP contribution in [0, 0.1) is 11.3 Å². The van der Waals surface area contributed by atoms with E-state index < -0.39 is 5.97 Å². The molecule has 1 aromatic carbocycles. The lowest BCUT2D eigenvalue weighted by molar-refractivity contribution is -0.137. The first-order chi connectivity index (χ1) is 9.52. The van der Waals surface area contributed by atoms with E-state index in [9.17, 15) is 9.90 Å². The third-order valence-electron chi connectivity index (χ3n) is 3.14. The van der Waals surface area contributed by atoms with E-state index in [1.807, 2.05) is 19.9 Å². The maximum Gasteiger partial charge on any atom is 0.343 e. The molecule has 2 N–H and O–H groups in total. The Bertz CT molecular complexity index is 506. The average Bonchev–Trinajstić information content (AvgIpc) is 2.47. The third-order valence-corrected chi connectivity index (χ3v) is 3.14. The minimum Gasteiger partial charge on any atom is -0.506 e. The number of aliphatic hydroxyl groups is 1. The van der Waals surface area contributed by atoms with Gasteiger partial charge in [-0.1, -0.05) is 44.2 Å². The summed E-state index contributed by atoms with van der Waals surface area (Å²) in [5, 5.41) is 18.5. The van der Waals surface area contributed by atoms with E-state index in [0.717, 1.165) is 0 Å².